The third-order valence-corrected chi connectivity index (χ3v) is 4.09. The van der Waals surface area contributed by atoms with Crippen molar-refractivity contribution in [3.63, 3.8) is 0 Å². The van der Waals surface area contributed by atoms with Crippen molar-refractivity contribution in [2.75, 3.05) is 18.1 Å². The summed E-state index contributed by atoms with van der Waals surface area (Å²) < 4.78 is 0. The van der Waals surface area contributed by atoms with Crippen LogP contribution in [0.5, 0.6) is 0 Å². The highest BCUT2D eigenvalue weighted by molar-refractivity contribution is 5.57. The van der Waals surface area contributed by atoms with E-state index < -0.39 is 0 Å². The van der Waals surface area contributed by atoms with Crippen molar-refractivity contribution in [2.45, 2.75) is 51.6 Å². The molecule has 0 amide bonds. The van der Waals surface area contributed by atoms with Crippen LogP contribution in [0.3, 0.4) is 0 Å². The molecule has 106 valence electrons. The number of hydrogen-bond donors (Lipinski definition) is 2. The number of hydrogen-bond acceptors (Lipinski definition) is 3. The second-order valence-electron chi connectivity index (χ2n) is 5.63. The molecule has 1 aromatic rings. The molecule has 1 heterocycles. The van der Waals surface area contributed by atoms with E-state index >= 15 is 0 Å². The molecule has 0 bridgehead atoms. The smallest absolute Gasteiger partial charge is 0.0671 e. The molecule has 2 unspecified atom stereocenters. The van der Waals surface area contributed by atoms with Crippen molar-refractivity contribution < 1.29 is 5.11 Å². The molecular weight excluding hydrogens is 236 g/mol. The number of rotatable bonds is 5. The van der Waals surface area contributed by atoms with Crippen LogP contribution in [0.15, 0.2) is 18.2 Å². The van der Waals surface area contributed by atoms with Gasteiger partial charge in [0.2, 0.25) is 0 Å². The fraction of sp³-hybridized carbons (Fsp3) is 0.625. The van der Waals surface area contributed by atoms with Crippen molar-refractivity contribution in [3.8, 4) is 0 Å². The van der Waals surface area contributed by atoms with E-state index in [2.05, 4.69) is 36.9 Å². The normalized spacial score (nSPS) is 18.0. The Labute approximate surface area is 116 Å². The van der Waals surface area contributed by atoms with Crippen molar-refractivity contribution in [3.05, 3.63) is 29.3 Å². The Morgan fingerprint density at radius 3 is 2.89 bits per heavy atom. The molecular formula is C16H26N2O. The number of fused-ring (bicyclic) bond motifs is 1. The fourth-order valence-electron chi connectivity index (χ4n) is 3.09. The lowest BCUT2D eigenvalue weighted by Crippen LogP contribution is -2.52. The molecule has 1 aliphatic heterocycles. The van der Waals surface area contributed by atoms with Crippen LogP contribution in [0.2, 0.25) is 0 Å². The van der Waals surface area contributed by atoms with Gasteiger partial charge in [-0.1, -0.05) is 31.0 Å². The number of benzene rings is 1. The van der Waals surface area contributed by atoms with E-state index in [0.717, 1.165) is 32.2 Å². The number of nitrogens with two attached hydrogens (primary N) is 1. The van der Waals surface area contributed by atoms with Crippen LogP contribution in [0.4, 0.5) is 5.69 Å². The SMILES string of the molecule is CCCC(N)C(CO)N1CCCc2cc(C)ccc21. The molecule has 2 atom stereocenters. The molecule has 3 nitrogen and oxygen atoms in total. The van der Waals surface area contributed by atoms with E-state index in [1.54, 1.807) is 0 Å². The number of nitrogens with zero attached hydrogens (tertiary/aromatic N) is 1. The van der Waals surface area contributed by atoms with Crippen LogP contribution < -0.4 is 10.6 Å². The van der Waals surface area contributed by atoms with Gasteiger partial charge in [0.05, 0.1) is 12.6 Å². The van der Waals surface area contributed by atoms with Crippen molar-refractivity contribution in [1.29, 1.82) is 0 Å². The Morgan fingerprint density at radius 2 is 2.21 bits per heavy atom. The molecule has 1 aromatic carbocycles. The molecule has 3 heteroatoms. The van der Waals surface area contributed by atoms with Gasteiger partial charge in [-0.25, -0.2) is 0 Å². The Bertz CT molecular complexity index is 419. The van der Waals surface area contributed by atoms with Crippen molar-refractivity contribution in [2.24, 2.45) is 5.73 Å². The molecule has 19 heavy (non-hydrogen) atoms. The first kappa shape index (κ1) is 14.4. The predicted molar refractivity (Wildman–Crippen MR) is 80.6 cm³/mol. The van der Waals surface area contributed by atoms with E-state index in [-0.39, 0.29) is 18.7 Å². The Morgan fingerprint density at radius 1 is 1.42 bits per heavy atom. The van der Waals surface area contributed by atoms with Gasteiger partial charge < -0.3 is 15.7 Å². The van der Waals surface area contributed by atoms with E-state index in [0.29, 0.717) is 0 Å². The molecule has 0 spiro atoms. The lowest BCUT2D eigenvalue weighted by molar-refractivity contribution is 0.236. The lowest BCUT2D eigenvalue weighted by Gasteiger charge is -2.40. The van der Waals surface area contributed by atoms with Gasteiger partial charge in [-0.15, -0.1) is 0 Å². The largest absolute Gasteiger partial charge is 0.394 e. The first-order valence-electron chi connectivity index (χ1n) is 7.40. The van der Waals surface area contributed by atoms with Crippen LogP contribution in [0.25, 0.3) is 0 Å². The maximum absolute atomic E-state index is 9.73. The second-order valence-corrected chi connectivity index (χ2v) is 5.63. The zero-order valence-electron chi connectivity index (χ0n) is 12.1. The molecule has 1 aliphatic rings. The Kier molecular flexibility index (Phi) is 4.83. The number of aryl methyl sites for hydroxylation is 2. The van der Waals surface area contributed by atoms with Crippen molar-refractivity contribution in [1.82, 2.24) is 0 Å². The Balaban J connectivity index is 2.26. The van der Waals surface area contributed by atoms with Gasteiger partial charge in [-0.2, -0.15) is 0 Å². The topological polar surface area (TPSA) is 49.5 Å². The van der Waals surface area contributed by atoms with Crippen molar-refractivity contribution >= 4 is 5.69 Å². The predicted octanol–water partition coefficient (Wildman–Crippen LogP) is 2.24. The average Bonchev–Trinajstić information content (AvgIpc) is 2.39. The van der Waals surface area contributed by atoms with Gasteiger partial charge >= 0.3 is 0 Å². The zero-order chi connectivity index (χ0) is 13.8. The summed E-state index contributed by atoms with van der Waals surface area (Å²) in [6, 6.07) is 6.69. The van der Waals surface area contributed by atoms with Crippen LogP contribution in [0, 0.1) is 6.92 Å². The molecule has 0 fully saturated rings. The third kappa shape index (κ3) is 3.10. The maximum Gasteiger partial charge on any atom is 0.0671 e. The van der Waals surface area contributed by atoms with Gasteiger partial charge in [-0.05, 0) is 37.8 Å². The number of aliphatic hydroxyl groups is 1. The quantitative estimate of drug-likeness (QED) is 0.855. The standard InChI is InChI=1S/C16H26N2O/c1-3-5-14(17)16(11-19)18-9-4-6-13-10-12(2)7-8-15(13)18/h7-8,10,14,16,19H,3-6,9,11,17H2,1-2H3. The molecule has 2 rings (SSSR count). The Hall–Kier alpha value is -1.06. The fourth-order valence-corrected chi connectivity index (χ4v) is 3.09. The highest BCUT2D eigenvalue weighted by Gasteiger charge is 2.27. The highest BCUT2D eigenvalue weighted by atomic mass is 16.3. The third-order valence-electron chi connectivity index (χ3n) is 4.09. The summed E-state index contributed by atoms with van der Waals surface area (Å²) in [5.41, 5.74) is 10.2. The van der Waals surface area contributed by atoms with E-state index in [1.807, 2.05) is 0 Å². The number of aliphatic hydroxyl groups excluding tert-OH is 1. The summed E-state index contributed by atoms with van der Waals surface area (Å²) in [4.78, 5) is 2.32. The molecule has 0 saturated heterocycles. The molecule has 3 N–H and O–H groups in total. The van der Waals surface area contributed by atoms with E-state index in [9.17, 15) is 5.11 Å². The average molecular weight is 262 g/mol. The molecule has 0 aromatic heterocycles. The minimum atomic E-state index is 0.0432. The van der Waals surface area contributed by atoms with Gasteiger partial charge in [0.15, 0.2) is 0 Å². The van der Waals surface area contributed by atoms with Gasteiger partial charge in [0.1, 0.15) is 0 Å². The maximum atomic E-state index is 9.73. The summed E-state index contributed by atoms with van der Waals surface area (Å²) in [5, 5.41) is 9.73. The first-order chi connectivity index (χ1) is 9.17. The summed E-state index contributed by atoms with van der Waals surface area (Å²) in [7, 11) is 0. The van der Waals surface area contributed by atoms with Gasteiger partial charge in [0, 0.05) is 18.3 Å². The van der Waals surface area contributed by atoms with Crippen LogP contribution >= 0.6 is 0 Å². The summed E-state index contributed by atoms with van der Waals surface area (Å²) >= 11 is 0. The van der Waals surface area contributed by atoms with E-state index in [1.165, 1.54) is 16.8 Å². The van der Waals surface area contributed by atoms with Gasteiger partial charge in [0.25, 0.3) is 0 Å². The van der Waals surface area contributed by atoms with Crippen LogP contribution in [0.1, 0.15) is 37.3 Å². The summed E-state index contributed by atoms with van der Waals surface area (Å²) in [6.07, 6.45) is 4.30. The summed E-state index contributed by atoms with van der Waals surface area (Å²) in [5.74, 6) is 0. The molecule has 0 radical (unpaired) electrons. The van der Waals surface area contributed by atoms with E-state index in [4.69, 9.17) is 5.73 Å². The summed E-state index contributed by atoms with van der Waals surface area (Å²) in [6.45, 7) is 5.40. The van der Waals surface area contributed by atoms with Gasteiger partial charge in [-0.3, -0.25) is 0 Å². The lowest BCUT2D eigenvalue weighted by atomic mass is 9.95. The number of anilines is 1. The van der Waals surface area contributed by atoms with Crippen LogP contribution in [-0.4, -0.2) is 30.3 Å². The monoisotopic (exact) mass is 262 g/mol. The minimum Gasteiger partial charge on any atom is -0.394 e. The highest BCUT2D eigenvalue weighted by Crippen LogP contribution is 2.30. The zero-order valence-corrected chi connectivity index (χ0v) is 12.1. The molecule has 0 saturated carbocycles. The first-order valence-corrected chi connectivity index (χ1v) is 7.40. The minimum absolute atomic E-state index is 0.0432. The van der Waals surface area contributed by atoms with Crippen LogP contribution in [-0.2, 0) is 6.42 Å². The molecule has 0 aliphatic carbocycles. The second kappa shape index (κ2) is 6.40.